The zero-order valence-electron chi connectivity index (χ0n) is 10.5. The first-order valence-corrected chi connectivity index (χ1v) is 7.43. The lowest BCUT2D eigenvalue weighted by Gasteiger charge is -2.32. The van der Waals surface area contributed by atoms with Crippen LogP contribution in [0.3, 0.4) is 0 Å². The molecular weight excluding hydrogens is 311 g/mol. The summed E-state index contributed by atoms with van der Waals surface area (Å²) in [4.78, 5) is 13.8. The monoisotopic (exact) mass is 329 g/mol. The van der Waals surface area contributed by atoms with Gasteiger partial charge in [0.1, 0.15) is 0 Å². The Morgan fingerprint density at radius 3 is 2.22 bits per heavy atom. The van der Waals surface area contributed by atoms with Gasteiger partial charge in [0.25, 0.3) is 0 Å². The summed E-state index contributed by atoms with van der Waals surface area (Å²) >= 11 is 3.28. The van der Waals surface area contributed by atoms with Crippen LogP contribution in [0, 0.1) is 11.8 Å². The van der Waals surface area contributed by atoms with E-state index in [9.17, 15) is 18.0 Å². The second-order valence-electron chi connectivity index (χ2n) is 4.70. The Kier molecular flexibility index (Phi) is 5.95. The fraction of sp³-hybridized carbons (Fsp3) is 0.917. The molecule has 1 fully saturated rings. The lowest BCUT2D eigenvalue weighted by Crippen LogP contribution is -2.40. The van der Waals surface area contributed by atoms with Crippen LogP contribution < -0.4 is 0 Å². The number of hydrogen-bond donors (Lipinski definition) is 0. The van der Waals surface area contributed by atoms with Crippen LogP contribution in [0.25, 0.3) is 0 Å². The van der Waals surface area contributed by atoms with Gasteiger partial charge in [-0.2, -0.15) is 13.2 Å². The smallest absolute Gasteiger partial charge is 0.342 e. The molecule has 0 atom stereocenters. The van der Waals surface area contributed by atoms with Crippen molar-refractivity contribution in [1.82, 2.24) is 4.90 Å². The molecule has 2 nitrogen and oxygen atoms in total. The van der Waals surface area contributed by atoms with Gasteiger partial charge in [0.15, 0.2) is 0 Å². The Balaban J connectivity index is 2.49. The highest BCUT2D eigenvalue weighted by Crippen LogP contribution is 2.39. The highest BCUT2D eigenvalue weighted by molar-refractivity contribution is 9.09. The number of carbonyl (C=O) groups is 1. The molecule has 0 heterocycles. The van der Waals surface area contributed by atoms with Gasteiger partial charge in [-0.05, 0) is 32.6 Å². The van der Waals surface area contributed by atoms with Crippen molar-refractivity contribution >= 4 is 21.8 Å². The highest BCUT2D eigenvalue weighted by Gasteiger charge is 2.42. The van der Waals surface area contributed by atoms with Gasteiger partial charge in [-0.15, -0.1) is 0 Å². The first-order chi connectivity index (χ1) is 8.40. The van der Waals surface area contributed by atoms with Gasteiger partial charge in [-0.3, -0.25) is 4.79 Å². The van der Waals surface area contributed by atoms with E-state index in [-0.39, 0.29) is 24.7 Å². The molecule has 18 heavy (non-hydrogen) atoms. The normalized spacial score (nSPS) is 24.9. The Bertz CT molecular complexity index is 275. The minimum absolute atomic E-state index is 0.0116. The van der Waals surface area contributed by atoms with Crippen LogP contribution >= 0.6 is 15.9 Å². The maximum atomic E-state index is 12.5. The topological polar surface area (TPSA) is 20.3 Å². The van der Waals surface area contributed by atoms with Gasteiger partial charge in [0, 0.05) is 24.3 Å². The van der Waals surface area contributed by atoms with E-state index in [1.807, 2.05) is 6.92 Å². The maximum Gasteiger partial charge on any atom is 0.391 e. The van der Waals surface area contributed by atoms with Crippen molar-refractivity contribution < 1.29 is 18.0 Å². The Hall–Kier alpha value is -0.260. The van der Waals surface area contributed by atoms with Crippen molar-refractivity contribution in [3.05, 3.63) is 0 Å². The number of amides is 1. The molecule has 0 aromatic carbocycles. The van der Waals surface area contributed by atoms with Crippen molar-refractivity contribution in [2.45, 2.75) is 38.8 Å². The fourth-order valence-electron chi connectivity index (χ4n) is 2.45. The summed E-state index contributed by atoms with van der Waals surface area (Å²) < 4.78 is 37.5. The van der Waals surface area contributed by atoms with E-state index in [4.69, 9.17) is 0 Å². The molecule has 6 heteroatoms. The van der Waals surface area contributed by atoms with E-state index < -0.39 is 12.1 Å². The van der Waals surface area contributed by atoms with Crippen molar-refractivity contribution in [2.24, 2.45) is 11.8 Å². The number of rotatable bonds is 4. The van der Waals surface area contributed by atoms with E-state index in [2.05, 4.69) is 15.9 Å². The first-order valence-electron chi connectivity index (χ1n) is 6.31. The molecule has 0 spiro atoms. The van der Waals surface area contributed by atoms with Gasteiger partial charge >= 0.3 is 6.18 Å². The summed E-state index contributed by atoms with van der Waals surface area (Å²) in [6, 6.07) is 0. The maximum absolute atomic E-state index is 12.5. The van der Waals surface area contributed by atoms with Crippen LogP contribution in [0.2, 0.25) is 0 Å². The molecule has 0 aliphatic heterocycles. The molecule has 0 aromatic rings. The van der Waals surface area contributed by atoms with E-state index in [0.29, 0.717) is 31.3 Å². The molecule has 1 saturated carbocycles. The van der Waals surface area contributed by atoms with Gasteiger partial charge < -0.3 is 4.90 Å². The summed E-state index contributed by atoms with van der Waals surface area (Å²) in [5, 5.41) is 0.699. The summed E-state index contributed by atoms with van der Waals surface area (Å²) in [5.74, 6) is -1.42. The average molecular weight is 330 g/mol. The molecule has 0 aromatic heterocycles. The van der Waals surface area contributed by atoms with Gasteiger partial charge in [0.2, 0.25) is 5.91 Å². The lowest BCUT2D eigenvalue weighted by atomic mass is 9.81. The fourth-order valence-corrected chi connectivity index (χ4v) is 2.88. The third-order valence-corrected chi connectivity index (χ3v) is 3.94. The molecule has 0 unspecified atom stereocenters. The number of hydrogen-bond acceptors (Lipinski definition) is 1. The van der Waals surface area contributed by atoms with Crippen LogP contribution in [0.5, 0.6) is 0 Å². The van der Waals surface area contributed by atoms with Crippen LogP contribution in [-0.4, -0.2) is 35.4 Å². The molecule has 0 N–H and O–H groups in total. The Labute approximate surface area is 114 Å². The minimum atomic E-state index is -4.10. The number of nitrogens with zero attached hydrogens (tertiary/aromatic N) is 1. The highest BCUT2D eigenvalue weighted by atomic mass is 79.9. The largest absolute Gasteiger partial charge is 0.391 e. The van der Waals surface area contributed by atoms with E-state index in [1.165, 1.54) is 0 Å². The first kappa shape index (κ1) is 15.8. The predicted octanol–water partition coefficient (Wildman–Crippen LogP) is 3.60. The molecule has 106 valence electrons. The van der Waals surface area contributed by atoms with Crippen molar-refractivity contribution in [3.63, 3.8) is 0 Å². The Morgan fingerprint density at radius 2 is 1.83 bits per heavy atom. The lowest BCUT2D eigenvalue weighted by molar-refractivity contribution is -0.185. The SMILES string of the molecule is CCN(CCBr)C(=O)C1CCC(C(F)(F)F)CC1. The van der Waals surface area contributed by atoms with Crippen molar-refractivity contribution in [2.75, 3.05) is 18.4 Å². The van der Waals surface area contributed by atoms with E-state index >= 15 is 0 Å². The molecule has 1 rings (SSSR count). The summed E-state index contributed by atoms with van der Waals surface area (Å²) in [6.07, 6.45) is -3.20. The molecular formula is C12H19BrF3NO. The zero-order chi connectivity index (χ0) is 13.8. The zero-order valence-corrected chi connectivity index (χ0v) is 12.1. The van der Waals surface area contributed by atoms with Crippen molar-refractivity contribution in [1.29, 1.82) is 0 Å². The molecule has 1 aliphatic carbocycles. The third kappa shape index (κ3) is 4.14. The summed E-state index contributed by atoms with van der Waals surface area (Å²) in [6.45, 7) is 3.13. The summed E-state index contributed by atoms with van der Waals surface area (Å²) in [5.41, 5.74) is 0. The number of carbonyl (C=O) groups excluding carboxylic acids is 1. The quantitative estimate of drug-likeness (QED) is 0.722. The minimum Gasteiger partial charge on any atom is -0.342 e. The third-order valence-electron chi connectivity index (χ3n) is 3.59. The molecule has 0 saturated heterocycles. The van der Waals surface area contributed by atoms with Crippen LogP contribution in [-0.2, 0) is 4.79 Å². The van der Waals surface area contributed by atoms with Gasteiger partial charge in [0.05, 0.1) is 5.92 Å². The molecule has 0 radical (unpaired) electrons. The van der Waals surface area contributed by atoms with Crippen LogP contribution in [0.15, 0.2) is 0 Å². The molecule has 1 amide bonds. The van der Waals surface area contributed by atoms with Gasteiger partial charge in [-0.25, -0.2) is 0 Å². The predicted molar refractivity (Wildman–Crippen MR) is 67.6 cm³/mol. The second-order valence-corrected chi connectivity index (χ2v) is 5.49. The van der Waals surface area contributed by atoms with Crippen LogP contribution in [0.4, 0.5) is 13.2 Å². The van der Waals surface area contributed by atoms with Crippen molar-refractivity contribution in [3.8, 4) is 0 Å². The van der Waals surface area contributed by atoms with Crippen LogP contribution in [0.1, 0.15) is 32.6 Å². The Morgan fingerprint density at radius 1 is 1.28 bits per heavy atom. The van der Waals surface area contributed by atoms with E-state index in [0.717, 1.165) is 0 Å². The second kappa shape index (κ2) is 6.78. The average Bonchev–Trinajstić information content (AvgIpc) is 2.34. The number of halogens is 4. The van der Waals surface area contributed by atoms with E-state index in [1.54, 1.807) is 4.90 Å². The molecule has 1 aliphatic rings. The number of alkyl halides is 4. The summed E-state index contributed by atoms with van der Waals surface area (Å²) in [7, 11) is 0. The standard InChI is InChI=1S/C12H19BrF3NO/c1-2-17(8-7-13)11(18)9-3-5-10(6-4-9)12(14,15)16/h9-10H,2-8H2,1H3. The van der Waals surface area contributed by atoms with Gasteiger partial charge in [-0.1, -0.05) is 15.9 Å². The molecule has 0 bridgehead atoms.